The topological polar surface area (TPSA) is 33.5 Å². The fourth-order valence-electron chi connectivity index (χ4n) is 2.55. The molecule has 22 heavy (non-hydrogen) atoms. The molecule has 2 heterocycles. The van der Waals surface area contributed by atoms with Crippen LogP contribution in [0.2, 0.25) is 5.22 Å². The van der Waals surface area contributed by atoms with Crippen molar-refractivity contribution in [3.05, 3.63) is 52.4 Å². The number of halogens is 4. The zero-order valence-electron chi connectivity index (χ0n) is 11.3. The number of alkyl halides is 3. The minimum absolute atomic E-state index is 0.0674. The van der Waals surface area contributed by atoms with Gasteiger partial charge in [-0.2, -0.15) is 13.2 Å². The van der Waals surface area contributed by atoms with Crippen molar-refractivity contribution < 1.29 is 22.4 Å². The van der Waals surface area contributed by atoms with Crippen LogP contribution in [0.25, 0.3) is 0 Å². The van der Waals surface area contributed by atoms with Gasteiger partial charge in [0, 0.05) is 12.2 Å². The third-order valence-corrected chi connectivity index (χ3v) is 3.76. The van der Waals surface area contributed by atoms with Gasteiger partial charge in [0.2, 0.25) is 0 Å². The number of anilines is 1. The molecule has 0 radical (unpaired) electrons. The maximum atomic E-state index is 12.8. The molecule has 2 aromatic rings. The molecular formula is C15H11ClF3NO2. The lowest BCUT2D eigenvalue weighted by atomic mass is 9.98. The van der Waals surface area contributed by atoms with Gasteiger partial charge < -0.3 is 9.32 Å². The highest BCUT2D eigenvalue weighted by Gasteiger charge is 2.33. The predicted molar refractivity (Wildman–Crippen MR) is 75.2 cm³/mol. The molecule has 0 bridgehead atoms. The SMILES string of the molecule is O=C(c1ccc(Cl)o1)N1CCCc2cc(C(F)(F)F)ccc21. The summed E-state index contributed by atoms with van der Waals surface area (Å²) in [5, 5.41) is 0.0907. The largest absolute Gasteiger partial charge is 0.440 e. The van der Waals surface area contributed by atoms with Gasteiger partial charge in [-0.3, -0.25) is 4.79 Å². The van der Waals surface area contributed by atoms with Crippen LogP contribution in [-0.4, -0.2) is 12.5 Å². The molecule has 0 N–H and O–H groups in total. The normalized spacial score (nSPS) is 14.8. The second-order valence-corrected chi connectivity index (χ2v) is 5.38. The van der Waals surface area contributed by atoms with Crippen molar-refractivity contribution in [3.8, 4) is 0 Å². The summed E-state index contributed by atoms with van der Waals surface area (Å²) in [7, 11) is 0. The number of hydrogen-bond donors (Lipinski definition) is 0. The molecule has 1 aromatic heterocycles. The van der Waals surface area contributed by atoms with Crippen LogP contribution in [0.3, 0.4) is 0 Å². The molecule has 7 heteroatoms. The van der Waals surface area contributed by atoms with E-state index in [9.17, 15) is 18.0 Å². The minimum Gasteiger partial charge on any atom is -0.440 e. The number of aryl methyl sites for hydroxylation is 1. The third kappa shape index (κ3) is 2.70. The summed E-state index contributed by atoms with van der Waals surface area (Å²) in [6, 6.07) is 6.32. The summed E-state index contributed by atoms with van der Waals surface area (Å²) in [6.07, 6.45) is -3.30. The molecule has 1 amide bonds. The highest BCUT2D eigenvalue weighted by molar-refractivity contribution is 6.29. The number of benzene rings is 1. The van der Waals surface area contributed by atoms with Gasteiger partial charge in [-0.05, 0) is 60.3 Å². The van der Waals surface area contributed by atoms with Gasteiger partial charge in [0.25, 0.3) is 5.91 Å². The molecule has 1 aliphatic rings. The minimum atomic E-state index is -4.39. The maximum Gasteiger partial charge on any atom is 0.416 e. The first-order valence-corrected chi connectivity index (χ1v) is 7.01. The Bertz CT molecular complexity index is 724. The molecule has 3 nitrogen and oxygen atoms in total. The first-order valence-electron chi connectivity index (χ1n) is 6.63. The predicted octanol–water partition coefficient (Wildman–Crippen LogP) is 4.54. The highest BCUT2D eigenvalue weighted by Crippen LogP contribution is 2.35. The molecule has 0 atom stereocenters. The Morgan fingerprint density at radius 3 is 2.64 bits per heavy atom. The van der Waals surface area contributed by atoms with E-state index >= 15 is 0 Å². The molecule has 0 saturated carbocycles. The first kappa shape index (κ1) is 15.0. The average molecular weight is 330 g/mol. The molecule has 0 aliphatic carbocycles. The summed E-state index contributed by atoms with van der Waals surface area (Å²) in [5.41, 5.74) is 0.283. The molecular weight excluding hydrogens is 319 g/mol. The zero-order chi connectivity index (χ0) is 15.9. The van der Waals surface area contributed by atoms with E-state index in [-0.39, 0.29) is 11.0 Å². The summed E-state index contributed by atoms with van der Waals surface area (Å²) in [4.78, 5) is 13.8. The second kappa shape index (κ2) is 5.35. The standard InChI is InChI=1S/C15H11ClF3NO2/c16-13-6-5-12(22-13)14(21)20-7-1-2-9-8-10(15(17,18)19)3-4-11(9)20/h3-6,8H,1-2,7H2. The van der Waals surface area contributed by atoms with E-state index in [4.69, 9.17) is 16.0 Å². The molecule has 1 aliphatic heterocycles. The molecule has 0 spiro atoms. The summed E-state index contributed by atoms with van der Waals surface area (Å²) < 4.78 is 43.4. The lowest BCUT2D eigenvalue weighted by Gasteiger charge is -2.29. The van der Waals surface area contributed by atoms with Gasteiger partial charge in [0.15, 0.2) is 11.0 Å². The summed E-state index contributed by atoms with van der Waals surface area (Å²) in [6.45, 7) is 0.426. The van der Waals surface area contributed by atoms with Crippen molar-refractivity contribution >= 4 is 23.2 Å². The monoisotopic (exact) mass is 329 g/mol. The Balaban J connectivity index is 1.96. The zero-order valence-corrected chi connectivity index (χ0v) is 12.0. The van der Waals surface area contributed by atoms with Crippen molar-refractivity contribution in [1.82, 2.24) is 0 Å². The second-order valence-electron chi connectivity index (χ2n) is 5.01. The van der Waals surface area contributed by atoms with Gasteiger partial charge in [0.05, 0.1) is 5.56 Å². The van der Waals surface area contributed by atoms with Crippen LogP contribution in [0.15, 0.2) is 34.7 Å². The fourth-order valence-corrected chi connectivity index (χ4v) is 2.69. The van der Waals surface area contributed by atoms with Crippen molar-refractivity contribution in [2.75, 3.05) is 11.4 Å². The molecule has 116 valence electrons. The number of nitrogens with zero attached hydrogens (tertiary/aromatic N) is 1. The fraction of sp³-hybridized carbons (Fsp3) is 0.267. The van der Waals surface area contributed by atoms with E-state index in [0.717, 1.165) is 12.1 Å². The van der Waals surface area contributed by atoms with Crippen LogP contribution in [0.1, 0.15) is 28.1 Å². The van der Waals surface area contributed by atoms with Gasteiger partial charge >= 0.3 is 6.18 Å². The average Bonchev–Trinajstić information content (AvgIpc) is 2.91. The summed E-state index contributed by atoms with van der Waals surface area (Å²) >= 11 is 5.65. The van der Waals surface area contributed by atoms with E-state index in [1.807, 2.05) is 0 Å². The maximum absolute atomic E-state index is 12.8. The van der Waals surface area contributed by atoms with Crippen molar-refractivity contribution in [2.45, 2.75) is 19.0 Å². The van der Waals surface area contributed by atoms with Gasteiger partial charge in [-0.25, -0.2) is 0 Å². The van der Waals surface area contributed by atoms with Crippen LogP contribution >= 0.6 is 11.6 Å². The Labute approximate surface area is 129 Å². The number of carbonyl (C=O) groups excluding carboxylic acids is 1. The lowest BCUT2D eigenvalue weighted by Crippen LogP contribution is -2.35. The molecule has 0 saturated heterocycles. The first-order chi connectivity index (χ1) is 10.4. The number of fused-ring (bicyclic) bond motifs is 1. The highest BCUT2D eigenvalue weighted by atomic mass is 35.5. The van der Waals surface area contributed by atoms with Gasteiger partial charge in [-0.1, -0.05) is 0 Å². The summed E-state index contributed by atoms with van der Waals surface area (Å²) in [5.74, 6) is -0.342. The van der Waals surface area contributed by atoms with Gasteiger partial charge in [-0.15, -0.1) is 0 Å². The van der Waals surface area contributed by atoms with E-state index in [0.29, 0.717) is 30.6 Å². The third-order valence-electron chi connectivity index (χ3n) is 3.55. The molecule has 0 fully saturated rings. The number of hydrogen-bond acceptors (Lipinski definition) is 2. The van der Waals surface area contributed by atoms with Crippen LogP contribution < -0.4 is 4.90 Å². The van der Waals surface area contributed by atoms with Crippen LogP contribution in [-0.2, 0) is 12.6 Å². The van der Waals surface area contributed by atoms with Crippen LogP contribution in [0.5, 0.6) is 0 Å². The van der Waals surface area contributed by atoms with E-state index in [1.165, 1.54) is 23.1 Å². The van der Waals surface area contributed by atoms with Crippen molar-refractivity contribution in [2.24, 2.45) is 0 Å². The van der Waals surface area contributed by atoms with Gasteiger partial charge in [0.1, 0.15) is 0 Å². The Kier molecular flexibility index (Phi) is 3.64. The Morgan fingerprint density at radius 2 is 2.00 bits per heavy atom. The van der Waals surface area contributed by atoms with Crippen molar-refractivity contribution in [3.63, 3.8) is 0 Å². The lowest BCUT2D eigenvalue weighted by molar-refractivity contribution is -0.137. The number of carbonyl (C=O) groups is 1. The van der Waals surface area contributed by atoms with E-state index in [1.54, 1.807) is 0 Å². The number of furan rings is 1. The number of rotatable bonds is 1. The molecule has 1 aromatic carbocycles. The molecule has 0 unspecified atom stereocenters. The number of amides is 1. The molecule has 3 rings (SSSR count). The smallest absolute Gasteiger partial charge is 0.416 e. The van der Waals surface area contributed by atoms with Crippen LogP contribution in [0, 0.1) is 0 Å². The van der Waals surface area contributed by atoms with E-state index in [2.05, 4.69) is 0 Å². The van der Waals surface area contributed by atoms with Crippen molar-refractivity contribution in [1.29, 1.82) is 0 Å². The Hall–Kier alpha value is -1.95. The van der Waals surface area contributed by atoms with Crippen LogP contribution in [0.4, 0.5) is 18.9 Å². The quantitative estimate of drug-likeness (QED) is 0.769. The van der Waals surface area contributed by atoms with E-state index < -0.39 is 17.6 Å². The Morgan fingerprint density at radius 1 is 1.23 bits per heavy atom.